The number of hydrogen-bond donors (Lipinski definition) is 3. The van der Waals surface area contributed by atoms with Crippen LogP contribution in [0.5, 0.6) is 5.75 Å². The summed E-state index contributed by atoms with van der Waals surface area (Å²) in [6, 6.07) is 7.09. The first-order chi connectivity index (χ1) is 7.69. The van der Waals surface area contributed by atoms with E-state index in [2.05, 4.69) is 5.32 Å². The highest BCUT2D eigenvalue weighted by atomic mass is 16.5. The lowest BCUT2D eigenvalue weighted by Gasteiger charge is -2.19. The highest BCUT2D eigenvalue weighted by Crippen LogP contribution is 2.21. The van der Waals surface area contributed by atoms with Gasteiger partial charge in [-0.2, -0.15) is 0 Å². The van der Waals surface area contributed by atoms with Crippen molar-refractivity contribution in [2.75, 3.05) is 20.7 Å². The second-order valence-corrected chi connectivity index (χ2v) is 3.78. The molecule has 0 saturated carbocycles. The van der Waals surface area contributed by atoms with E-state index in [1.807, 2.05) is 31.3 Å². The number of aliphatic hydroxyl groups is 1. The Morgan fingerprint density at radius 3 is 2.88 bits per heavy atom. The summed E-state index contributed by atoms with van der Waals surface area (Å²) in [5.41, 5.74) is 6.69. The number of benzene rings is 1. The third kappa shape index (κ3) is 3.48. The van der Waals surface area contributed by atoms with E-state index in [0.717, 1.165) is 24.3 Å². The van der Waals surface area contributed by atoms with Crippen LogP contribution in [-0.2, 0) is 0 Å². The predicted molar refractivity (Wildman–Crippen MR) is 64.5 cm³/mol. The molecule has 0 bridgehead atoms. The van der Waals surface area contributed by atoms with Gasteiger partial charge in [0.05, 0.1) is 13.2 Å². The van der Waals surface area contributed by atoms with Crippen LogP contribution in [0.15, 0.2) is 24.3 Å². The predicted octanol–water partition coefficient (Wildman–Crippen LogP) is 0.665. The van der Waals surface area contributed by atoms with E-state index in [1.165, 1.54) is 0 Å². The van der Waals surface area contributed by atoms with Crippen molar-refractivity contribution in [1.29, 1.82) is 0 Å². The van der Waals surface area contributed by atoms with Gasteiger partial charge in [0.2, 0.25) is 0 Å². The summed E-state index contributed by atoms with van der Waals surface area (Å²) in [4.78, 5) is 0. The molecular formula is C12H20N2O2. The van der Waals surface area contributed by atoms with Crippen LogP contribution in [0, 0.1) is 0 Å². The van der Waals surface area contributed by atoms with Crippen LogP contribution < -0.4 is 15.8 Å². The van der Waals surface area contributed by atoms with Crippen molar-refractivity contribution in [3.8, 4) is 5.75 Å². The van der Waals surface area contributed by atoms with Gasteiger partial charge in [0.15, 0.2) is 0 Å². The van der Waals surface area contributed by atoms with E-state index >= 15 is 0 Å². The molecule has 0 radical (unpaired) electrons. The first-order valence-corrected chi connectivity index (χ1v) is 5.41. The minimum Gasteiger partial charge on any atom is -0.497 e. The van der Waals surface area contributed by atoms with Gasteiger partial charge in [-0.15, -0.1) is 0 Å². The Morgan fingerprint density at radius 1 is 1.50 bits per heavy atom. The summed E-state index contributed by atoms with van der Waals surface area (Å²) in [6.45, 7) is 0.794. The summed E-state index contributed by atoms with van der Waals surface area (Å²) >= 11 is 0. The Bertz CT molecular complexity index is 318. The third-order valence-corrected chi connectivity index (χ3v) is 2.57. The molecular weight excluding hydrogens is 204 g/mol. The number of aliphatic hydroxyl groups excluding tert-OH is 1. The van der Waals surface area contributed by atoms with Gasteiger partial charge in [0, 0.05) is 6.04 Å². The molecule has 0 heterocycles. The molecule has 0 aromatic heterocycles. The Hall–Kier alpha value is -1.10. The lowest BCUT2D eigenvalue weighted by molar-refractivity contribution is 0.142. The highest BCUT2D eigenvalue weighted by Gasteiger charge is 2.16. The maximum atomic E-state index is 10.0. The Kier molecular flexibility index (Phi) is 5.25. The van der Waals surface area contributed by atoms with E-state index in [1.54, 1.807) is 7.11 Å². The van der Waals surface area contributed by atoms with Gasteiger partial charge in [0.1, 0.15) is 5.75 Å². The molecule has 0 saturated heterocycles. The highest BCUT2D eigenvalue weighted by molar-refractivity contribution is 5.30. The largest absolute Gasteiger partial charge is 0.497 e. The van der Waals surface area contributed by atoms with E-state index in [-0.39, 0.29) is 6.04 Å². The SMILES string of the molecule is CNCCC(N)C(O)c1cccc(OC)c1. The molecule has 1 rings (SSSR count). The van der Waals surface area contributed by atoms with Gasteiger partial charge in [0.25, 0.3) is 0 Å². The van der Waals surface area contributed by atoms with Crippen LogP contribution >= 0.6 is 0 Å². The van der Waals surface area contributed by atoms with Crippen molar-refractivity contribution in [1.82, 2.24) is 5.32 Å². The van der Waals surface area contributed by atoms with Crippen LogP contribution in [-0.4, -0.2) is 31.9 Å². The molecule has 0 amide bonds. The van der Waals surface area contributed by atoms with Crippen LogP contribution in [0.1, 0.15) is 18.1 Å². The number of nitrogens with one attached hydrogen (secondary N) is 1. The fourth-order valence-corrected chi connectivity index (χ4v) is 1.54. The summed E-state index contributed by atoms with van der Waals surface area (Å²) in [5, 5.41) is 13.0. The number of ether oxygens (including phenoxy) is 1. The zero-order valence-corrected chi connectivity index (χ0v) is 9.81. The molecule has 4 N–H and O–H groups in total. The van der Waals surface area contributed by atoms with Crippen molar-refractivity contribution < 1.29 is 9.84 Å². The normalized spacial score (nSPS) is 14.5. The fraction of sp³-hybridized carbons (Fsp3) is 0.500. The smallest absolute Gasteiger partial charge is 0.119 e. The number of nitrogens with two attached hydrogens (primary N) is 1. The minimum absolute atomic E-state index is 0.264. The quantitative estimate of drug-likeness (QED) is 0.664. The molecule has 1 aromatic carbocycles. The minimum atomic E-state index is -0.650. The zero-order chi connectivity index (χ0) is 12.0. The maximum absolute atomic E-state index is 10.0. The molecule has 0 fully saturated rings. The van der Waals surface area contributed by atoms with Crippen molar-refractivity contribution in [3.63, 3.8) is 0 Å². The van der Waals surface area contributed by atoms with Crippen LogP contribution in [0.3, 0.4) is 0 Å². The Balaban J connectivity index is 2.67. The van der Waals surface area contributed by atoms with Crippen molar-refractivity contribution in [3.05, 3.63) is 29.8 Å². The van der Waals surface area contributed by atoms with E-state index in [4.69, 9.17) is 10.5 Å². The number of rotatable bonds is 6. The van der Waals surface area contributed by atoms with Gasteiger partial charge in [-0.05, 0) is 37.7 Å². The molecule has 0 aliphatic rings. The topological polar surface area (TPSA) is 67.5 Å². The van der Waals surface area contributed by atoms with Crippen LogP contribution in [0.4, 0.5) is 0 Å². The molecule has 4 nitrogen and oxygen atoms in total. The standard InChI is InChI=1S/C12H20N2O2/c1-14-7-6-11(13)12(15)9-4-3-5-10(8-9)16-2/h3-5,8,11-12,14-15H,6-7,13H2,1-2H3. The first kappa shape index (κ1) is 13.0. The molecule has 0 aliphatic heterocycles. The molecule has 2 unspecified atom stereocenters. The average Bonchev–Trinajstić information content (AvgIpc) is 2.35. The van der Waals surface area contributed by atoms with Gasteiger partial charge < -0.3 is 20.9 Å². The molecule has 0 spiro atoms. The second-order valence-electron chi connectivity index (χ2n) is 3.78. The summed E-state index contributed by atoms with van der Waals surface area (Å²) in [5.74, 6) is 0.734. The van der Waals surface area contributed by atoms with Gasteiger partial charge >= 0.3 is 0 Å². The van der Waals surface area contributed by atoms with Gasteiger partial charge in [-0.25, -0.2) is 0 Å². The number of hydrogen-bond acceptors (Lipinski definition) is 4. The second kappa shape index (κ2) is 6.48. The van der Waals surface area contributed by atoms with Crippen molar-refractivity contribution in [2.24, 2.45) is 5.73 Å². The number of methoxy groups -OCH3 is 1. The van der Waals surface area contributed by atoms with Crippen molar-refractivity contribution >= 4 is 0 Å². The average molecular weight is 224 g/mol. The zero-order valence-electron chi connectivity index (χ0n) is 9.81. The van der Waals surface area contributed by atoms with Crippen molar-refractivity contribution in [2.45, 2.75) is 18.6 Å². The third-order valence-electron chi connectivity index (χ3n) is 2.57. The Morgan fingerprint density at radius 2 is 2.25 bits per heavy atom. The Labute approximate surface area is 96.4 Å². The molecule has 0 aliphatic carbocycles. The lowest BCUT2D eigenvalue weighted by atomic mass is 10.0. The first-order valence-electron chi connectivity index (χ1n) is 5.41. The van der Waals surface area contributed by atoms with Gasteiger partial charge in [-0.1, -0.05) is 12.1 Å². The molecule has 1 aromatic rings. The lowest BCUT2D eigenvalue weighted by Crippen LogP contribution is -2.31. The van der Waals surface area contributed by atoms with Crippen LogP contribution in [0.2, 0.25) is 0 Å². The monoisotopic (exact) mass is 224 g/mol. The maximum Gasteiger partial charge on any atom is 0.119 e. The van der Waals surface area contributed by atoms with E-state index in [9.17, 15) is 5.11 Å². The molecule has 2 atom stereocenters. The summed E-state index contributed by atoms with van der Waals surface area (Å²) < 4.78 is 5.10. The fourth-order valence-electron chi connectivity index (χ4n) is 1.54. The summed E-state index contributed by atoms with van der Waals surface area (Å²) in [6.07, 6.45) is 0.0814. The molecule has 90 valence electrons. The van der Waals surface area contributed by atoms with Gasteiger partial charge in [-0.3, -0.25) is 0 Å². The van der Waals surface area contributed by atoms with E-state index in [0.29, 0.717) is 0 Å². The summed E-state index contributed by atoms with van der Waals surface area (Å²) in [7, 11) is 3.47. The molecule has 16 heavy (non-hydrogen) atoms. The van der Waals surface area contributed by atoms with E-state index < -0.39 is 6.10 Å². The van der Waals surface area contributed by atoms with Crippen LogP contribution in [0.25, 0.3) is 0 Å². The molecule has 4 heteroatoms.